The summed E-state index contributed by atoms with van der Waals surface area (Å²) in [6.45, 7) is 0. The van der Waals surface area contributed by atoms with E-state index in [1.165, 1.54) is 16.0 Å². The van der Waals surface area contributed by atoms with E-state index >= 15 is 0 Å². The zero-order valence-corrected chi connectivity index (χ0v) is 17.3. The fourth-order valence-corrected chi connectivity index (χ4v) is 4.02. The summed E-state index contributed by atoms with van der Waals surface area (Å²) in [5, 5.41) is 8.64. The molecule has 29 heavy (non-hydrogen) atoms. The molecular formula is C18H17ClN6O3S. The van der Waals surface area contributed by atoms with Gasteiger partial charge in [-0.3, -0.25) is 0 Å². The van der Waals surface area contributed by atoms with Gasteiger partial charge in [0.05, 0.1) is 31.1 Å². The lowest BCUT2D eigenvalue weighted by molar-refractivity contribution is 0.324. The van der Waals surface area contributed by atoms with Gasteiger partial charge in [-0.2, -0.15) is 9.67 Å². The van der Waals surface area contributed by atoms with Gasteiger partial charge in [-0.1, -0.05) is 29.0 Å². The Bertz CT molecular complexity index is 1170. The van der Waals surface area contributed by atoms with Crippen LogP contribution in [0.2, 0.25) is 5.02 Å². The van der Waals surface area contributed by atoms with Crippen LogP contribution < -0.4 is 25.3 Å². The van der Waals surface area contributed by atoms with E-state index in [1.807, 2.05) is 12.1 Å². The van der Waals surface area contributed by atoms with E-state index in [2.05, 4.69) is 20.4 Å². The Morgan fingerprint density at radius 2 is 1.79 bits per heavy atom. The first-order valence-corrected chi connectivity index (χ1v) is 9.58. The number of hydrogen-bond acceptors (Lipinski definition) is 9. The number of anilines is 3. The lowest BCUT2D eigenvalue weighted by atomic mass is 10.2. The Hall–Kier alpha value is -3.24. The number of nitrogens with one attached hydrogen (secondary N) is 1. The van der Waals surface area contributed by atoms with Crippen LogP contribution in [0, 0.1) is 0 Å². The van der Waals surface area contributed by atoms with Crippen molar-refractivity contribution in [2.45, 2.75) is 0 Å². The number of aromatic nitrogens is 4. The number of thiazole rings is 1. The number of nitrogen functional groups attached to an aromatic ring is 1. The molecule has 0 saturated carbocycles. The highest BCUT2D eigenvalue weighted by Gasteiger charge is 2.17. The molecule has 9 nitrogen and oxygen atoms in total. The van der Waals surface area contributed by atoms with Crippen LogP contribution in [0.1, 0.15) is 0 Å². The van der Waals surface area contributed by atoms with E-state index in [-0.39, 0.29) is 5.95 Å². The van der Waals surface area contributed by atoms with Crippen LogP contribution in [-0.2, 0) is 0 Å². The van der Waals surface area contributed by atoms with Crippen LogP contribution in [0.5, 0.6) is 17.2 Å². The molecule has 150 valence electrons. The Morgan fingerprint density at radius 3 is 2.41 bits per heavy atom. The van der Waals surface area contributed by atoms with Crippen LogP contribution in [0.15, 0.2) is 30.3 Å². The van der Waals surface area contributed by atoms with Gasteiger partial charge in [0.1, 0.15) is 5.52 Å². The third-order valence-electron chi connectivity index (χ3n) is 4.09. The molecule has 2 aromatic carbocycles. The number of fused-ring (bicyclic) bond motifs is 1. The Balaban J connectivity index is 1.69. The summed E-state index contributed by atoms with van der Waals surface area (Å²) in [5.41, 5.74) is 7.40. The summed E-state index contributed by atoms with van der Waals surface area (Å²) in [7, 11) is 4.64. The minimum absolute atomic E-state index is 0.190. The van der Waals surface area contributed by atoms with Gasteiger partial charge in [0, 0.05) is 17.8 Å². The zero-order chi connectivity index (χ0) is 20.5. The van der Waals surface area contributed by atoms with Gasteiger partial charge < -0.3 is 25.3 Å². The minimum Gasteiger partial charge on any atom is -0.493 e. The topological polar surface area (TPSA) is 109 Å². The molecule has 0 aliphatic rings. The summed E-state index contributed by atoms with van der Waals surface area (Å²) in [4.78, 5) is 8.79. The molecular weight excluding hydrogens is 416 g/mol. The highest BCUT2D eigenvalue weighted by atomic mass is 35.5. The lowest BCUT2D eigenvalue weighted by Gasteiger charge is -2.14. The average molecular weight is 433 g/mol. The van der Waals surface area contributed by atoms with Gasteiger partial charge >= 0.3 is 0 Å². The molecule has 0 aliphatic heterocycles. The third-order valence-corrected chi connectivity index (χ3v) is 5.39. The molecule has 4 rings (SSSR count). The molecule has 0 fully saturated rings. The van der Waals surface area contributed by atoms with Crippen LogP contribution in [0.4, 0.5) is 17.6 Å². The molecule has 0 unspecified atom stereocenters. The Labute approximate surface area is 175 Å². The standard InChI is InChI=1S/C18H17ClN6O3S/c1-26-11-7-9(8-12(27-2)15(11)28-3)21-17-23-16(20)25(24-17)18-22-14-10(19)5-4-6-13(14)29-18/h4-8H,1-3H3,(H3,20,21,23,24). The van der Waals surface area contributed by atoms with Crippen molar-refractivity contribution in [2.24, 2.45) is 0 Å². The van der Waals surface area contributed by atoms with Crippen molar-refractivity contribution in [3.8, 4) is 22.4 Å². The SMILES string of the molecule is COc1cc(Nc2nc(N)n(-c3nc4c(Cl)cccc4s3)n2)cc(OC)c1OC. The molecule has 11 heteroatoms. The predicted octanol–water partition coefficient (Wildman–Crippen LogP) is 3.88. The predicted molar refractivity (Wildman–Crippen MR) is 113 cm³/mol. The molecule has 3 N–H and O–H groups in total. The second-order valence-corrected chi connectivity index (χ2v) is 7.24. The lowest BCUT2D eigenvalue weighted by Crippen LogP contribution is -2.02. The molecule has 0 saturated heterocycles. The Morgan fingerprint density at radius 1 is 1.07 bits per heavy atom. The van der Waals surface area contributed by atoms with Crippen molar-refractivity contribution < 1.29 is 14.2 Å². The molecule has 0 radical (unpaired) electrons. The monoisotopic (exact) mass is 432 g/mol. The van der Waals surface area contributed by atoms with Crippen LogP contribution in [0.3, 0.4) is 0 Å². The maximum Gasteiger partial charge on any atom is 0.248 e. The first-order valence-electron chi connectivity index (χ1n) is 8.39. The van der Waals surface area contributed by atoms with Crippen molar-refractivity contribution in [1.82, 2.24) is 19.7 Å². The van der Waals surface area contributed by atoms with E-state index in [0.717, 1.165) is 4.70 Å². The van der Waals surface area contributed by atoms with E-state index in [9.17, 15) is 0 Å². The van der Waals surface area contributed by atoms with Crippen LogP contribution >= 0.6 is 22.9 Å². The average Bonchev–Trinajstić information content (AvgIpc) is 3.31. The Kier molecular flexibility index (Phi) is 5.03. The van der Waals surface area contributed by atoms with Crippen LogP contribution in [0.25, 0.3) is 15.3 Å². The van der Waals surface area contributed by atoms with E-state index < -0.39 is 0 Å². The number of nitrogens with two attached hydrogens (primary N) is 1. The number of ether oxygens (including phenoxy) is 3. The normalized spacial score (nSPS) is 10.9. The maximum absolute atomic E-state index is 6.21. The maximum atomic E-state index is 6.21. The fourth-order valence-electron chi connectivity index (χ4n) is 2.79. The first-order chi connectivity index (χ1) is 14.0. The number of methoxy groups -OCH3 is 3. The quantitative estimate of drug-likeness (QED) is 0.472. The van der Waals surface area contributed by atoms with E-state index in [1.54, 1.807) is 39.5 Å². The zero-order valence-electron chi connectivity index (χ0n) is 15.8. The number of rotatable bonds is 6. The minimum atomic E-state index is 0.190. The largest absolute Gasteiger partial charge is 0.493 e. The number of hydrogen-bond donors (Lipinski definition) is 2. The fraction of sp³-hybridized carbons (Fsp3) is 0.167. The first kappa shape index (κ1) is 19.1. The van der Waals surface area contributed by atoms with Gasteiger partial charge in [0.15, 0.2) is 11.5 Å². The molecule has 2 aromatic heterocycles. The van der Waals surface area contributed by atoms with Gasteiger partial charge in [-0.15, -0.1) is 5.10 Å². The summed E-state index contributed by atoms with van der Waals surface area (Å²) in [6, 6.07) is 9.08. The van der Waals surface area contributed by atoms with Gasteiger partial charge in [-0.05, 0) is 12.1 Å². The molecule has 4 aromatic rings. The van der Waals surface area contributed by atoms with E-state index in [0.29, 0.717) is 44.6 Å². The molecule has 0 amide bonds. The van der Waals surface area contributed by atoms with Crippen molar-refractivity contribution in [3.63, 3.8) is 0 Å². The second kappa shape index (κ2) is 7.64. The third kappa shape index (κ3) is 3.47. The molecule has 0 aliphatic carbocycles. The number of para-hydroxylation sites is 1. The summed E-state index contributed by atoms with van der Waals surface area (Å²) < 4.78 is 18.5. The van der Waals surface area contributed by atoms with Gasteiger partial charge in [0.25, 0.3) is 0 Å². The second-order valence-electron chi connectivity index (χ2n) is 5.83. The van der Waals surface area contributed by atoms with Crippen molar-refractivity contribution in [2.75, 3.05) is 32.4 Å². The number of benzene rings is 2. The van der Waals surface area contributed by atoms with Crippen molar-refractivity contribution >= 4 is 50.7 Å². The molecule has 0 atom stereocenters. The number of nitrogens with zero attached hydrogens (tertiary/aromatic N) is 4. The number of halogens is 1. The summed E-state index contributed by atoms with van der Waals surface area (Å²) >= 11 is 7.63. The van der Waals surface area contributed by atoms with Gasteiger partial charge in [-0.25, -0.2) is 4.98 Å². The summed E-state index contributed by atoms with van der Waals surface area (Å²) in [6.07, 6.45) is 0. The molecule has 2 heterocycles. The van der Waals surface area contributed by atoms with Crippen molar-refractivity contribution in [1.29, 1.82) is 0 Å². The van der Waals surface area contributed by atoms with Crippen molar-refractivity contribution in [3.05, 3.63) is 35.4 Å². The smallest absolute Gasteiger partial charge is 0.248 e. The molecule has 0 bridgehead atoms. The van der Waals surface area contributed by atoms with E-state index in [4.69, 9.17) is 31.5 Å². The highest BCUT2D eigenvalue weighted by molar-refractivity contribution is 7.20. The molecule has 0 spiro atoms. The van der Waals surface area contributed by atoms with Gasteiger partial charge in [0.2, 0.25) is 22.8 Å². The summed E-state index contributed by atoms with van der Waals surface area (Å²) in [5.74, 6) is 1.98. The highest BCUT2D eigenvalue weighted by Crippen LogP contribution is 2.40. The van der Waals surface area contributed by atoms with Crippen LogP contribution in [-0.4, -0.2) is 41.1 Å².